The predicted octanol–water partition coefficient (Wildman–Crippen LogP) is -0.785. The van der Waals surface area contributed by atoms with Gasteiger partial charge >= 0.3 is 0 Å². The standard InChI is InChI=1S/C11H17N5O3/c1-2-15-4-3-13-10(11(15)17)16-5-6-19-8(7-16)9(12)14-18/h3-4,8,18H,2,5-7H2,1H3,(H2,12,14). The summed E-state index contributed by atoms with van der Waals surface area (Å²) < 4.78 is 6.96. The average Bonchev–Trinajstić information content (AvgIpc) is 2.46. The van der Waals surface area contributed by atoms with Gasteiger partial charge in [-0.1, -0.05) is 5.16 Å². The van der Waals surface area contributed by atoms with E-state index in [-0.39, 0.29) is 11.4 Å². The van der Waals surface area contributed by atoms with Gasteiger partial charge in [-0.3, -0.25) is 4.79 Å². The number of oxime groups is 1. The Kier molecular flexibility index (Phi) is 4.00. The molecular formula is C11H17N5O3. The molecule has 2 rings (SSSR count). The molecule has 0 bridgehead atoms. The second kappa shape index (κ2) is 5.70. The Balaban J connectivity index is 2.25. The third-order valence-electron chi connectivity index (χ3n) is 3.05. The molecule has 0 aliphatic carbocycles. The predicted molar refractivity (Wildman–Crippen MR) is 69.5 cm³/mol. The van der Waals surface area contributed by atoms with Gasteiger partial charge in [0.05, 0.1) is 13.2 Å². The van der Waals surface area contributed by atoms with Crippen LogP contribution in [-0.2, 0) is 11.3 Å². The monoisotopic (exact) mass is 267 g/mol. The SMILES string of the molecule is CCn1ccnc(N2CCOC(C(N)=NO)C2)c1=O. The number of amidine groups is 1. The molecular weight excluding hydrogens is 250 g/mol. The summed E-state index contributed by atoms with van der Waals surface area (Å²) >= 11 is 0. The number of aryl methyl sites for hydroxylation is 1. The van der Waals surface area contributed by atoms with E-state index in [0.717, 1.165) is 0 Å². The van der Waals surface area contributed by atoms with Crippen molar-refractivity contribution in [2.75, 3.05) is 24.6 Å². The lowest BCUT2D eigenvalue weighted by Gasteiger charge is -2.32. The van der Waals surface area contributed by atoms with Crippen LogP contribution in [0.5, 0.6) is 0 Å². The van der Waals surface area contributed by atoms with Crippen molar-refractivity contribution in [3.8, 4) is 0 Å². The number of ether oxygens (including phenoxy) is 1. The number of anilines is 1. The largest absolute Gasteiger partial charge is 0.409 e. The molecule has 1 aromatic heterocycles. The minimum Gasteiger partial charge on any atom is -0.409 e. The Labute approximate surface area is 110 Å². The van der Waals surface area contributed by atoms with Gasteiger partial charge in [-0.05, 0) is 6.92 Å². The number of hydrogen-bond acceptors (Lipinski definition) is 6. The Morgan fingerprint density at radius 1 is 1.74 bits per heavy atom. The fraction of sp³-hybridized carbons (Fsp3) is 0.545. The molecule has 1 aliphatic heterocycles. The van der Waals surface area contributed by atoms with Gasteiger partial charge in [0.15, 0.2) is 11.7 Å². The Bertz CT molecular complexity index is 527. The van der Waals surface area contributed by atoms with Crippen molar-refractivity contribution in [3.63, 3.8) is 0 Å². The Morgan fingerprint density at radius 2 is 2.53 bits per heavy atom. The second-order valence-corrected chi connectivity index (χ2v) is 4.17. The zero-order valence-electron chi connectivity index (χ0n) is 10.7. The Morgan fingerprint density at radius 3 is 3.21 bits per heavy atom. The van der Waals surface area contributed by atoms with Crippen LogP contribution < -0.4 is 16.2 Å². The zero-order valence-corrected chi connectivity index (χ0v) is 10.7. The summed E-state index contributed by atoms with van der Waals surface area (Å²) in [5.41, 5.74) is 5.38. The minimum absolute atomic E-state index is 0.00329. The van der Waals surface area contributed by atoms with Crippen molar-refractivity contribution in [1.29, 1.82) is 0 Å². The van der Waals surface area contributed by atoms with Crippen molar-refractivity contribution in [2.24, 2.45) is 10.9 Å². The molecule has 2 heterocycles. The second-order valence-electron chi connectivity index (χ2n) is 4.17. The molecule has 1 unspecified atom stereocenters. The third-order valence-corrected chi connectivity index (χ3v) is 3.05. The van der Waals surface area contributed by atoms with Crippen molar-refractivity contribution >= 4 is 11.7 Å². The van der Waals surface area contributed by atoms with Crippen molar-refractivity contribution in [1.82, 2.24) is 9.55 Å². The molecule has 1 aromatic rings. The van der Waals surface area contributed by atoms with E-state index in [0.29, 0.717) is 32.1 Å². The summed E-state index contributed by atoms with van der Waals surface area (Å²) in [7, 11) is 0. The molecule has 104 valence electrons. The van der Waals surface area contributed by atoms with Crippen LogP contribution >= 0.6 is 0 Å². The maximum absolute atomic E-state index is 12.2. The number of nitrogens with two attached hydrogens (primary N) is 1. The van der Waals surface area contributed by atoms with E-state index in [1.54, 1.807) is 21.9 Å². The van der Waals surface area contributed by atoms with Gasteiger partial charge in [-0.25, -0.2) is 4.98 Å². The maximum Gasteiger partial charge on any atom is 0.293 e. The summed E-state index contributed by atoms with van der Waals surface area (Å²) in [5, 5.41) is 11.6. The van der Waals surface area contributed by atoms with Crippen LogP contribution in [0, 0.1) is 0 Å². The van der Waals surface area contributed by atoms with Crippen LogP contribution in [-0.4, -0.2) is 46.4 Å². The normalized spacial score (nSPS) is 20.6. The molecule has 1 aliphatic rings. The highest BCUT2D eigenvalue weighted by Gasteiger charge is 2.26. The fourth-order valence-corrected chi connectivity index (χ4v) is 1.99. The van der Waals surface area contributed by atoms with E-state index in [9.17, 15) is 4.79 Å². The maximum atomic E-state index is 12.2. The number of hydrogen-bond donors (Lipinski definition) is 2. The topological polar surface area (TPSA) is 106 Å². The van der Waals surface area contributed by atoms with Gasteiger partial charge in [-0.15, -0.1) is 0 Å². The van der Waals surface area contributed by atoms with Gasteiger partial charge in [0, 0.05) is 25.5 Å². The van der Waals surface area contributed by atoms with E-state index in [1.165, 1.54) is 0 Å². The molecule has 0 saturated carbocycles. The van der Waals surface area contributed by atoms with Gasteiger partial charge in [0.1, 0.15) is 6.10 Å². The van der Waals surface area contributed by atoms with Crippen LogP contribution in [0.1, 0.15) is 6.92 Å². The molecule has 8 nitrogen and oxygen atoms in total. The summed E-state index contributed by atoms with van der Waals surface area (Å²) in [4.78, 5) is 18.1. The van der Waals surface area contributed by atoms with Gasteiger partial charge < -0.3 is 25.1 Å². The van der Waals surface area contributed by atoms with E-state index in [4.69, 9.17) is 15.7 Å². The van der Waals surface area contributed by atoms with Crippen molar-refractivity contribution in [3.05, 3.63) is 22.7 Å². The molecule has 0 aromatic carbocycles. The van der Waals surface area contributed by atoms with Crippen molar-refractivity contribution in [2.45, 2.75) is 19.6 Å². The molecule has 0 spiro atoms. The van der Waals surface area contributed by atoms with E-state index >= 15 is 0 Å². The van der Waals surface area contributed by atoms with E-state index < -0.39 is 6.10 Å². The number of nitrogens with zero attached hydrogens (tertiary/aromatic N) is 4. The summed E-state index contributed by atoms with van der Waals surface area (Å²) in [5.74, 6) is 0.361. The summed E-state index contributed by atoms with van der Waals surface area (Å²) in [6.07, 6.45) is 2.71. The molecule has 19 heavy (non-hydrogen) atoms. The number of morpholine rings is 1. The van der Waals surface area contributed by atoms with E-state index in [2.05, 4.69) is 10.1 Å². The van der Waals surface area contributed by atoms with Crippen LogP contribution in [0.3, 0.4) is 0 Å². The quantitative estimate of drug-likeness (QED) is 0.322. The lowest BCUT2D eigenvalue weighted by molar-refractivity contribution is 0.0802. The highest BCUT2D eigenvalue weighted by molar-refractivity contribution is 5.85. The Hall–Kier alpha value is -2.09. The van der Waals surface area contributed by atoms with Crippen LogP contribution in [0.25, 0.3) is 0 Å². The third kappa shape index (κ3) is 2.68. The first-order valence-corrected chi connectivity index (χ1v) is 6.06. The summed E-state index contributed by atoms with van der Waals surface area (Å²) in [6, 6.07) is 0. The van der Waals surface area contributed by atoms with Crippen LogP contribution in [0.15, 0.2) is 22.3 Å². The number of aromatic nitrogens is 2. The van der Waals surface area contributed by atoms with E-state index in [1.807, 2.05) is 6.92 Å². The minimum atomic E-state index is -0.532. The first-order chi connectivity index (χ1) is 9.17. The van der Waals surface area contributed by atoms with Gasteiger partial charge in [-0.2, -0.15) is 0 Å². The molecule has 0 amide bonds. The lowest BCUT2D eigenvalue weighted by atomic mass is 10.2. The molecule has 1 fully saturated rings. The molecule has 3 N–H and O–H groups in total. The molecule has 1 saturated heterocycles. The smallest absolute Gasteiger partial charge is 0.293 e. The average molecular weight is 267 g/mol. The fourth-order valence-electron chi connectivity index (χ4n) is 1.99. The van der Waals surface area contributed by atoms with Crippen LogP contribution in [0.2, 0.25) is 0 Å². The molecule has 1 atom stereocenters. The lowest BCUT2D eigenvalue weighted by Crippen LogP contribution is -2.50. The van der Waals surface area contributed by atoms with Crippen molar-refractivity contribution < 1.29 is 9.94 Å². The number of rotatable bonds is 3. The summed E-state index contributed by atoms with van der Waals surface area (Å²) in [6.45, 7) is 3.76. The van der Waals surface area contributed by atoms with Crippen LogP contribution in [0.4, 0.5) is 5.82 Å². The first-order valence-electron chi connectivity index (χ1n) is 6.06. The highest BCUT2D eigenvalue weighted by atomic mass is 16.5. The highest BCUT2D eigenvalue weighted by Crippen LogP contribution is 2.11. The molecule has 8 heteroatoms. The molecule has 0 radical (unpaired) electrons. The first kappa shape index (κ1) is 13.3. The zero-order chi connectivity index (χ0) is 13.8. The van der Waals surface area contributed by atoms with Gasteiger partial charge in [0.2, 0.25) is 0 Å². The van der Waals surface area contributed by atoms with Gasteiger partial charge in [0.25, 0.3) is 5.56 Å².